The molecular weight excluding hydrogens is 362 g/mol. The quantitative estimate of drug-likeness (QED) is 0.688. The minimum absolute atomic E-state index is 0.453. The van der Waals surface area contributed by atoms with E-state index in [0.717, 1.165) is 51.3 Å². The van der Waals surface area contributed by atoms with E-state index in [0.29, 0.717) is 12.6 Å². The number of hydrogen-bond acceptors (Lipinski definition) is 5. The Morgan fingerprint density at radius 1 is 0.862 bits per heavy atom. The molecule has 0 saturated carbocycles. The van der Waals surface area contributed by atoms with Crippen molar-refractivity contribution >= 4 is 5.57 Å². The first-order chi connectivity index (χ1) is 14.4. The molecule has 0 radical (unpaired) electrons. The number of nitrogens with zero attached hydrogens (tertiary/aromatic N) is 5. The van der Waals surface area contributed by atoms with Crippen molar-refractivity contribution < 1.29 is 4.74 Å². The highest BCUT2D eigenvalue weighted by atomic mass is 16.5. The molecule has 6 nitrogen and oxygen atoms in total. The molecule has 0 atom stereocenters. The zero-order valence-electron chi connectivity index (χ0n) is 16.5. The van der Waals surface area contributed by atoms with E-state index < -0.39 is 0 Å². The van der Waals surface area contributed by atoms with Crippen LogP contribution >= 0.6 is 0 Å². The van der Waals surface area contributed by atoms with Gasteiger partial charge in [-0.2, -0.15) is 0 Å². The molecule has 2 aromatic heterocycles. The number of hydrogen-bond donors (Lipinski definition) is 0. The van der Waals surface area contributed by atoms with Gasteiger partial charge < -0.3 is 9.30 Å². The van der Waals surface area contributed by atoms with Crippen LogP contribution in [0.25, 0.3) is 5.57 Å². The lowest BCUT2D eigenvalue weighted by molar-refractivity contribution is 0.191. The number of aromatic nitrogens is 4. The normalized spacial score (nSPS) is 16.8. The van der Waals surface area contributed by atoms with Gasteiger partial charge in [0.25, 0.3) is 0 Å². The Balaban J connectivity index is 1.31. The third-order valence-electron chi connectivity index (χ3n) is 5.84. The Morgan fingerprint density at radius 2 is 1.69 bits per heavy atom. The van der Waals surface area contributed by atoms with Gasteiger partial charge in [-0.05, 0) is 36.5 Å². The lowest BCUT2D eigenvalue weighted by Crippen LogP contribution is -2.34. The molecule has 2 aliphatic rings. The monoisotopic (exact) mass is 387 g/mol. The second-order valence-corrected chi connectivity index (χ2v) is 7.55. The Morgan fingerprint density at radius 3 is 2.55 bits per heavy atom. The van der Waals surface area contributed by atoms with Crippen LogP contribution in [0.1, 0.15) is 29.8 Å². The predicted molar refractivity (Wildman–Crippen MR) is 112 cm³/mol. The van der Waals surface area contributed by atoms with Crippen LogP contribution in [0.4, 0.5) is 0 Å². The number of rotatable bonds is 4. The molecule has 6 heteroatoms. The van der Waals surface area contributed by atoms with E-state index in [-0.39, 0.29) is 0 Å². The van der Waals surface area contributed by atoms with Gasteiger partial charge in [-0.25, -0.2) is 15.0 Å². The summed E-state index contributed by atoms with van der Waals surface area (Å²) in [7, 11) is 0. The van der Waals surface area contributed by atoms with Crippen molar-refractivity contribution in [2.45, 2.75) is 25.8 Å². The van der Waals surface area contributed by atoms with Gasteiger partial charge in [-0.15, -0.1) is 0 Å². The molecule has 0 aliphatic carbocycles. The van der Waals surface area contributed by atoms with Crippen LogP contribution in [-0.2, 0) is 13.0 Å². The topological polar surface area (TPSA) is 56.1 Å². The SMILES string of the molecule is c1cnc(OCCN2CCC(=C3c4ccccc4CCn4ccnc43)CC2)nc1. The van der Waals surface area contributed by atoms with Crippen LogP contribution in [-0.4, -0.2) is 50.7 Å². The molecule has 1 fully saturated rings. The Labute approximate surface area is 170 Å². The lowest BCUT2D eigenvalue weighted by Gasteiger charge is -2.29. The van der Waals surface area contributed by atoms with Crippen molar-refractivity contribution in [1.82, 2.24) is 24.4 Å². The summed E-state index contributed by atoms with van der Waals surface area (Å²) in [6, 6.07) is 11.1. The third-order valence-corrected chi connectivity index (χ3v) is 5.84. The van der Waals surface area contributed by atoms with Crippen molar-refractivity contribution in [2.24, 2.45) is 0 Å². The Kier molecular flexibility index (Phi) is 5.09. The van der Waals surface area contributed by atoms with Crippen molar-refractivity contribution in [2.75, 3.05) is 26.2 Å². The molecule has 0 spiro atoms. The van der Waals surface area contributed by atoms with Crippen LogP contribution in [0.15, 0.2) is 60.7 Å². The maximum atomic E-state index is 5.66. The molecule has 1 saturated heterocycles. The van der Waals surface area contributed by atoms with Gasteiger partial charge in [0, 0.05) is 56.5 Å². The van der Waals surface area contributed by atoms with Gasteiger partial charge in [0.1, 0.15) is 12.4 Å². The molecule has 29 heavy (non-hydrogen) atoms. The van der Waals surface area contributed by atoms with Gasteiger partial charge in [0.15, 0.2) is 0 Å². The zero-order valence-corrected chi connectivity index (χ0v) is 16.5. The number of imidazole rings is 1. The number of benzene rings is 1. The van der Waals surface area contributed by atoms with Gasteiger partial charge in [-0.1, -0.05) is 29.8 Å². The summed E-state index contributed by atoms with van der Waals surface area (Å²) in [5.74, 6) is 1.13. The van der Waals surface area contributed by atoms with Crippen molar-refractivity contribution in [3.05, 3.63) is 77.6 Å². The number of aryl methyl sites for hydroxylation is 2. The summed E-state index contributed by atoms with van der Waals surface area (Å²) in [6.07, 6.45) is 10.6. The van der Waals surface area contributed by atoms with Gasteiger partial charge in [0.05, 0.1) is 0 Å². The summed E-state index contributed by atoms with van der Waals surface area (Å²) in [4.78, 5) is 15.4. The van der Waals surface area contributed by atoms with Crippen LogP contribution in [0, 0.1) is 0 Å². The minimum Gasteiger partial charge on any atom is -0.462 e. The van der Waals surface area contributed by atoms with Crippen LogP contribution in [0.5, 0.6) is 6.01 Å². The highest BCUT2D eigenvalue weighted by Crippen LogP contribution is 2.35. The molecule has 148 valence electrons. The van der Waals surface area contributed by atoms with E-state index in [4.69, 9.17) is 9.72 Å². The number of fused-ring (bicyclic) bond motifs is 2. The maximum Gasteiger partial charge on any atom is 0.316 e. The first-order valence-electron chi connectivity index (χ1n) is 10.3. The molecular formula is C23H25N5O. The van der Waals surface area contributed by atoms with Crippen LogP contribution in [0.3, 0.4) is 0 Å². The summed E-state index contributed by atoms with van der Waals surface area (Å²) < 4.78 is 7.97. The van der Waals surface area contributed by atoms with Gasteiger partial charge >= 0.3 is 6.01 Å². The first-order valence-corrected chi connectivity index (χ1v) is 10.3. The second-order valence-electron chi connectivity index (χ2n) is 7.55. The molecule has 4 heterocycles. The van der Waals surface area contributed by atoms with E-state index >= 15 is 0 Å². The van der Waals surface area contributed by atoms with Crippen LogP contribution < -0.4 is 4.74 Å². The van der Waals surface area contributed by atoms with Crippen LogP contribution in [0.2, 0.25) is 0 Å². The fraction of sp³-hybridized carbons (Fsp3) is 0.348. The van der Waals surface area contributed by atoms with Crippen molar-refractivity contribution in [1.29, 1.82) is 0 Å². The van der Waals surface area contributed by atoms with E-state index in [2.05, 4.69) is 49.9 Å². The largest absolute Gasteiger partial charge is 0.462 e. The molecule has 2 aliphatic heterocycles. The van der Waals surface area contributed by atoms with Crippen molar-refractivity contribution in [3.8, 4) is 6.01 Å². The molecule has 0 unspecified atom stereocenters. The number of ether oxygens (including phenoxy) is 1. The zero-order chi connectivity index (χ0) is 19.5. The molecule has 5 rings (SSSR count). The maximum absolute atomic E-state index is 5.66. The smallest absolute Gasteiger partial charge is 0.316 e. The highest BCUT2D eigenvalue weighted by Gasteiger charge is 2.24. The molecule has 0 bridgehead atoms. The van der Waals surface area contributed by atoms with E-state index in [1.54, 1.807) is 18.5 Å². The summed E-state index contributed by atoms with van der Waals surface area (Å²) in [5.41, 5.74) is 5.68. The summed E-state index contributed by atoms with van der Waals surface area (Å²) >= 11 is 0. The van der Waals surface area contributed by atoms with E-state index in [1.807, 2.05) is 6.20 Å². The summed E-state index contributed by atoms with van der Waals surface area (Å²) in [5, 5.41) is 0. The Bertz CT molecular complexity index is 1000. The highest BCUT2D eigenvalue weighted by molar-refractivity contribution is 5.81. The fourth-order valence-corrected chi connectivity index (χ4v) is 4.33. The predicted octanol–water partition coefficient (Wildman–Crippen LogP) is 3.21. The lowest BCUT2D eigenvalue weighted by atomic mass is 9.90. The van der Waals surface area contributed by atoms with Gasteiger partial charge in [0.2, 0.25) is 0 Å². The number of piperidine rings is 1. The molecule has 1 aromatic carbocycles. The van der Waals surface area contributed by atoms with Gasteiger partial charge in [-0.3, -0.25) is 4.90 Å². The molecule has 0 amide bonds. The minimum atomic E-state index is 0.453. The summed E-state index contributed by atoms with van der Waals surface area (Å²) in [6.45, 7) is 4.59. The fourth-order valence-electron chi connectivity index (χ4n) is 4.33. The average molecular weight is 387 g/mol. The van der Waals surface area contributed by atoms with Crippen molar-refractivity contribution in [3.63, 3.8) is 0 Å². The van der Waals surface area contributed by atoms with E-state index in [9.17, 15) is 0 Å². The molecule has 3 aromatic rings. The Hall–Kier alpha value is -2.99. The molecule has 0 N–H and O–H groups in total. The van der Waals surface area contributed by atoms with E-state index in [1.165, 1.54) is 22.3 Å². The second kappa shape index (κ2) is 8.17. The average Bonchev–Trinajstić information content (AvgIpc) is 3.17. The first kappa shape index (κ1) is 18.1. The number of likely N-dealkylation sites (tertiary alicyclic amines) is 1. The standard InChI is InChI=1S/C23H25N5O/c1-2-5-20-18(4-1)8-14-28-15-11-24-22(28)21(20)19-6-12-27(13-7-19)16-17-29-23-25-9-3-10-26-23/h1-5,9-11,15H,6-8,12-14,16-17H2. The third kappa shape index (κ3) is 3.80.